The van der Waals surface area contributed by atoms with E-state index in [-0.39, 0.29) is 35.7 Å². The molecule has 6 heteroatoms. The van der Waals surface area contributed by atoms with Gasteiger partial charge in [-0.15, -0.1) is 0 Å². The van der Waals surface area contributed by atoms with Crippen LogP contribution in [0.5, 0.6) is 0 Å². The van der Waals surface area contributed by atoms with Crippen molar-refractivity contribution in [3.63, 3.8) is 0 Å². The molecule has 2 amide bonds. The standard InChI is InChI=1S/C8H14N2O3S/c1-5(2)10-7-4-14(12,13)3-6(7)9-8(10)11/h5-7H,3-4H2,1-2H3,(H,9,11)/t6-,7-/m0/s1. The minimum absolute atomic E-state index is 0.0540. The molecule has 0 aliphatic carbocycles. The lowest BCUT2D eigenvalue weighted by molar-refractivity contribution is 0.190. The van der Waals surface area contributed by atoms with Crippen molar-refractivity contribution >= 4 is 15.9 Å². The largest absolute Gasteiger partial charge is 0.332 e. The molecule has 0 bridgehead atoms. The molecule has 0 unspecified atom stereocenters. The Balaban J connectivity index is 2.26. The number of nitrogens with zero attached hydrogens (tertiary/aromatic N) is 1. The average Bonchev–Trinajstić information content (AvgIpc) is 2.37. The Morgan fingerprint density at radius 1 is 1.43 bits per heavy atom. The van der Waals surface area contributed by atoms with Gasteiger partial charge < -0.3 is 10.2 Å². The number of sulfone groups is 1. The molecule has 2 heterocycles. The van der Waals surface area contributed by atoms with Crippen molar-refractivity contribution < 1.29 is 13.2 Å². The third-order valence-corrected chi connectivity index (χ3v) is 4.50. The van der Waals surface area contributed by atoms with Gasteiger partial charge in [-0.3, -0.25) is 0 Å². The fourth-order valence-electron chi connectivity index (χ4n) is 2.24. The van der Waals surface area contributed by atoms with Gasteiger partial charge in [0.05, 0.1) is 23.6 Å². The van der Waals surface area contributed by atoms with Gasteiger partial charge in [0, 0.05) is 6.04 Å². The first-order valence-electron chi connectivity index (χ1n) is 4.70. The maximum Gasteiger partial charge on any atom is 0.318 e. The van der Waals surface area contributed by atoms with Crippen LogP contribution < -0.4 is 5.32 Å². The van der Waals surface area contributed by atoms with Crippen molar-refractivity contribution in [2.24, 2.45) is 0 Å². The summed E-state index contributed by atoms with van der Waals surface area (Å²) in [4.78, 5) is 13.1. The average molecular weight is 218 g/mol. The predicted molar refractivity (Wildman–Crippen MR) is 51.7 cm³/mol. The fraction of sp³-hybridized carbons (Fsp3) is 0.875. The highest BCUT2D eigenvalue weighted by Crippen LogP contribution is 2.25. The van der Waals surface area contributed by atoms with Gasteiger partial charge in [-0.25, -0.2) is 13.2 Å². The lowest BCUT2D eigenvalue weighted by atomic mass is 10.1. The van der Waals surface area contributed by atoms with E-state index in [2.05, 4.69) is 5.32 Å². The lowest BCUT2D eigenvalue weighted by Gasteiger charge is -2.25. The lowest BCUT2D eigenvalue weighted by Crippen LogP contribution is -2.41. The van der Waals surface area contributed by atoms with Crippen LogP contribution in [0.1, 0.15) is 13.8 Å². The normalized spacial score (nSPS) is 34.8. The molecule has 0 aromatic carbocycles. The van der Waals surface area contributed by atoms with Crippen LogP contribution in [-0.4, -0.2) is 49.0 Å². The number of amides is 2. The van der Waals surface area contributed by atoms with Crippen LogP contribution >= 0.6 is 0 Å². The molecule has 0 aromatic heterocycles. The van der Waals surface area contributed by atoms with Crippen LogP contribution in [0, 0.1) is 0 Å². The molecule has 2 fully saturated rings. The van der Waals surface area contributed by atoms with Gasteiger partial charge in [0.2, 0.25) is 0 Å². The third kappa shape index (κ3) is 1.37. The van der Waals surface area contributed by atoms with E-state index in [1.54, 1.807) is 4.90 Å². The molecule has 5 nitrogen and oxygen atoms in total. The summed E-state index contributed by atoms with van der Waals surface area (Å²) < 4.78 is 22.7. The maximum absolute atomic E-state index is 11.5. The first kappa shape index (κ1) is 9.76. The van der Waals surface area contributed by atoms with E-state index in [0.29, 0.717) is 0 Å². The van der Waals surface area contributed by atoms with Gasteiger partial charge in [-0.1, -0.05) is 0 Å². The highest BCUT2D eigenvalue weighted by atomic mass is 32.2. The zero-order valence-corrected chi connectivity index (χ0v) is 9.04. The molecule has 2 aliphatic rings. The molecule has 0 aromatic rings. The summed E-state index contributed by atoms with van der Waals surface area (Å²) in [6.07, 6.45) is 0. The number of hydrogen-bond acceptors (Lipinski definition) is 3. The molecule has 2 rings (SSSR count). The van der Waals surface area contributed by atoms with Gasteiger partial charge >= 0.3 is 6.03 Å². The number of urea groups is 1. The van der Waals surface area contributed by atoms with Crippen molar-refractivity contribution in [3.05, 3.63) is 0 Å². The van der Waals surface area contributed by atoms with Gasteiger partial charge in [0.1, 0.15) is 0 Å². The molecular weight excluding hydrogens is 204 g/mol. The van der Waals surface area contributed by atoms with Crippen LogP contribution in [0.4, 0.5) is 4.79 Å². The van der Waals surface area contributed by atoms with E-state index in [0.717, 1.165) is 0 Å². The van der Waals surface area contributed by atoms with E-state index in [4.69, 9.17) is 0 Å². The first-order valence-corrected chi connectivity index (χ1v) is 6.52. The number of hydrogen-bond donors (Lipinski definition) is 1. The van der Waals surface area contributed by atoms with Crippen LogP contribution in [0.2, 0.25) is 0 Å². The minimum Gasteiger partial charge on any atom is -0.332 e. The summed E-state index contributed by atoms with van der Waals surface area (Å²) in [7, 11) is -2.95. The molecule has 0 spiro atoms. The number of carbonyl (C=O) groups excluding carboxylic acids is 1. The molecule has 2 atom stereocenters. The summed E-state index contributed by atoms with van der Waals surface area (Å²) in [6.45, 7) is 3.79. The molecule has 1 N–H and O–H groups in total. The van der Waals surface area contributed by atoms with Crippen molar-refractivity contribution in [3.8, 4) is 0 Å². The van der Waals surface area contributed by atoms with Gasteiger partial charge in [0.15, 0.2) is 9.84 Å². The molecular formula is C8H14N2O3S. The zero-order chi connectivity index (χ0) is 10.5. The Morgan fingerprint density at radius 2 is 2.07 bits per heavy atom. The van der Waals surface area contributed by atoms with Crippen LogP contribution in [0.15, 0.2) is 0 Å². The maximum atomic E-state index is 11.5. The summed E-state index contributed by atoms with van der Waals surface area (Å²) >= 11 is 0. The Morgan fingerprint density at radius 3 is 2.64 bits per heavy atom. The zero-order valence-electron chi connectivity index (χ0n) is 8.23. The molecule has 80 valence electrons. The second-order valence-corrected chi connectivity index (χ2v) is 6.36. The monoisotopic (exact) mass is 218 g/mol. The number of nitrogens with one attached hydrogen (secondary N) is 1. The van der Waals surface area contributed by atoms with Gasteiger partial charge in [0.25, 0.3) is 0 Å². The van der Waals surface area contributed by atoms with E-state index in [9.17, 15) is 13.2 Å². The van der Waals surface area contributed by atoms with E-state index >= 15 is 0 Å². The first-order chi connectivity index (χ1) is 6.41. The Bertz CT molecular complexity index is 363. The molecule has 14 heavy (non-hydrogen) atoms. The summed E-state index contributed by atoms with van der Waals surface area (Å²) in [5.74, 6) is 0.196. The highest BCUT2D eigenvalue weighted by molar-refractivity contribution is 7.91. The van der Waals surface area contributed by atoms with Crippen molar-refractivity contribution in [2.75, 3.05) is 11.5 Å². The molecule has 0 radical (unpaired) electrons. The quantitative estimate of drug-likeness (QED) is 0.608. The summed E-state index contributed by atoms with van der Waals surface area (Å²) in [6, 6.07) is -0.439. The van der Waals surface area contributed by atoms with Crippen LogP contribution in [0.25, 0.3) is 0 Å². The smallest absolute Gasteiger partial charge is 0.318 e. The third-order valence-electron chi connectivity index (χ3n) is 2.78. The molecule has 2 aliphatic heterocycles. The van der Waals surface area contributed by atoms with E-state index in [1.807, 2.05) is 13.8 Å². The number of carbonyl (C=O) groups is 1. The second kappa shape index (κ2) is 2.85. The Kier molecular flexibility index (Phi) is 1.99. The highest BCUT2D eigenvalue weighted by Gasteiger charge is 2.49. The predicted octanol–water partition coefficient (Wildman–Crippen LogP) is -0.414. The van der Waals surface area contributed by atoms with Crippen LogP contribution in [-0.2, 0) is 9.84 Å². The van der Waals surface area contributed by atoms with Crippen molar-refractivity contribution in [1.29, 1.82) is 0 Å². The Hall–Kier alpha value is -0.780. The molecule has 0 saturated carbocycles. The Labute approximate surface area is 83.4 Å². The van der Waals surface area contributed by atoms with Crippen molar-refractivity contribution in [2.45, 2.75) is 32.0 Å². The summed E-state index contributed by atoms with van der Waals surface area (Å²) in [5.41, 5.74) is 0. The van der Waals surface area contributed by atoms with Crippen molar-refractivity contribution in [1.82, 2.24) is 10.2 Å². The SMILES string of the molecule is CC(C)N1C(=O)N[C@H]2CS(=O)(=O)C[C@@H]21. The summed E-state index contributed by atoms with van der Waals surface area (Å²) in [5, 5.41) is 2.71. The minimum atomic E-state index is -2.95. The molecule has 2 saturated heterocycles. The van der Waals surface area contributed by atoms with Gasteiger partial charge in [-0.2, -0.15) is 0 Å². The number of rotatable bonds is 1. The number of fused-ring (bicyclic) bond motifs is 1. The topological polar surface area (TPSA) is 66.5 Å². The van der Waals surface area contributed by atoms with Gasteiger partial charge in [-0.05, 0) is 13.8 Å². The van der Waals surface area contributed by atoms with Crippen LogP contribution in [0.3, 0.4) is 0 Å². The fourth-order valence-corrected chi connectivity index (χ4v) is 4.14. The van der Waals surface area contributed by atoms with E-state index < -0.39 is 9.84 Å². The second-order valence-electron chi connectivity index (χ2n) is 4.20. The van der Waals surface area contributed by atoms with E-state index in [1.165, 1.54) is 0 Å².